The van der Waals surface area contributed by atoms with Crippen molar-refractivity contribution in [3.05, 3.63) is 29.8 Å². The zero-order valence-electron chi connectivity index (χ0n) is 10.8. The first-order valence-corrected chi connectivity index (χ1v) is 8.82. The van der Waals surface area contributed by atoms with Gasteiger partial charge >= 0.3 is 0 Å². The Labute approximate surface area is 123 Å². The molecular weight excluding hydrogens is 361 g/mol. The van der Waals surface area contributed by atoms with E-state index >= 15 is 0 Å². The van der Waals surface area contributed by atoms with Crippen LogP contribution in [0, 0.1) is 12.8 Å². The molecule has 100 valence electrons. The van der Waals surface area contributed by atoms with E-state index in [4.69, 9.17) is 0 Å². The maximum Gasteiger partial charge on any atom is 0.244 e. The molecule has 1 heterocycles. The molecule has 1 aromatic carbocycles. The summed E-state index contributed by atoms with van der Waals surface area (Å²) < 4.78 is 26.7. The van der Waals surface area contributed by atoms with Crippen LogP contribution in [-0.4, -0.2) is 22.8 Å². The molecule has 0 bridgehead atoms. The average Bonchev–Trinajstić information content (AvgIpc) is 3.01. The standard InChI is InChI=1S/C13H18INO2S/c1-4-10(3)12-13(14)15(12)18(16,17)11-7-5-9(2)6-8-11/h5-8,10,12-13H,4H2,1-3H3. The number of hydrogen-bond acceptors (Lipinski definition) is 2. The molecule has 4 unspecified atom stereocenters. The number of halogens is 1. The van der Waals surface area contributed by atoms with E-state index in [9.17, 15) is 8.42 Å². The summed E-state index contributed by atoms with van der Waals surface area (Å²) in [7, 11) is -3.31. The Hall–Kier alpha value is -0.140. The minimum absolute atomic E-state index is 0.101. The minimum atomic E-state index is -3.31. The molecule has 4 atom stereocenters. The van der Waals surface area contributed by atoms with Crippen LogP contribution in [0.15, 0.2) is 29.2 Å². The molecule has 0 radical (unpaired) electrons. The summed E-state index contributed by atoms with van der Waals surface area (Å²) >= 11 is 2.22. The molecule has 3 nitrogen and oxygen atoms in total. The molecule has 2 rings (SSSR count). The number of hydrogen-bond donors (Lipinski definition) is 0. The third kappa shape index (κ3) is 2.44. The lowest BCUT2D eigenvalue weighted by molar-refractivity contribution is 0.485. The van der Waals surface area contributed by atoms with E-state index in [1.54, 1.807) is 16.4 Å². The first kappa shape index (κ1) is 14.3. The first-order valence-electron chi connectivity index (χ1n) is 6.14. The SMILES string of the molecule is CCC(C)C1C(I)N1S(=O)(=O)c1ccc(C)cc1. The maximum atomic E-state index is 12.5. The lowest BCUT2D eigenvalue weighted by Crippen LogP contribution is -2.18. The van der Waals surface area contributed by atoms with Gasteiger partial charge in [0.05, 0.1) is 15.0 Å². The van der Waals surface area contributed by atoms with Crippen molar-refractivity contribution >= 4 is 32.6 Å². The molecule has 1 saturated heterocycles. The lowest BCUT2D eigenvalue weighted by atomic mass is 10.1. The Morgan fingerprint density at radius 3 is 2.39 bits per heavy atom. The molecule has 0 N–H and O–H groups in total. The number of nitrogens with zero attached hydrogens (tertiary/aromatic N) is 1. The van der Waals surface area contributed by atoms with E-state index < -0.39 is 10.0 Å². The molecule has 18 heavy (non-hydrogen) atoms. The van der Waals surface area contributed by atoms with E-state index in [1.165, 1.54) is 0 Å². The summed E-state index contributed by atoms with van der Waals surface area (Å²) in [5.41, 5.74) is 1.07. The van der Waals surface area contributed by atoms with Crippen molar-refractivity contribution in [1.29, 1.82) is 0 Å². The molecule has 0 aliphatic carbocycles. The van der Waals surface area contributed by atoms with Gasteiger partial charge in [0.1, 0.15) is 0 Å². The Balaban J connectivity index is 2.26. The summed E-state index contributed by atoms with van der Waals surface area (Å²) in [6.07, 6.45) is 1.00. The quantitative estimate of drug-likeness (QED) is 0.349. The second-order valence-electron chi connectivity index (χ2n) is 4.90. The summed E-state index contributed by atoms with van der Waals surface area (Å²) in [4.78, 5) is 0.403. The first-order chi connectivity index (χ1) is 8.39. The Morgan fingerprint density at radius 2 is 1.89 bits per heavy atom. The van der Waals surface area contributed by atoms with Crippen LogP contribution in [0.3, 0.4) is 0 Å². The Bertz CT molecular complexity index is 526. The number of benzene rings is 1. The minimum Gasteiger partial charge on any atom is -0.207 e. The van der Waals surface area contributed by atoms with Crippen LogP contribution < -0.4 is 0 Å². The van der Waals surface area contributed by atoms with Gasteiger partial charge in [-0.1, -0.05) is 60.6 Å². The monoisotopic (exact) mass is 379 g/mol. The number of rotatable bonds is 4. The molecule has 1 aliphatic rings. The van der Waals surface area contributed by atoms with Crippen molar-refractivity contribution in [1.82, 2.24) is 4.31 Å². The molecule has 1 aromatic rings. The van der Waals surface area contributed by atoms with Gasteiger partial charge in [0, 0.05) is 0 Å². The molecule has 0 spiro atoms. The second-order valence-corrected chi connectivity index (χ2v) is 8.02. The third-order valence-electron chi connectivity index (χ3n) is 3.55. The van der Waals surface area contributed by atoms with Gasteiger partial charge in [0.15, 0.2) is 0 Å². The topological polar surface area (TPSA) is 37.1 Å². The molecule has 0 amide bonds. The third-order valence-corrected chi connectivity index (χ3v) is 7.16. The molecule has 0 saturated carbocycles. The second kappa shape index (κ2) is 5.09. The highest BCUT2D eigenvalue weighted by Crippen LogP contribution is 2.44. The maximum absolute atomic E-state index is 12.5. The molecule has 1 aliphatic heterocycles. The predicted molar refractivity (Wildman–Crippen MR) is 81.3 cm³/mol. The summed E-state index contributed by atoms with van der Waals surface area (Å²) in [5, 5.41) is 0. The summed E-state index contributed by atoms with van der Waals surface area (Å²) in [5.74, 6) is 0.409. The lowest BCUT2D eigenvalue weighted by Gasteiger charge is -2.09. The van der Waals surface area contributed by atoms with Crippen LogP contribution in [0.25, 0.3) is 0 Å². The van der Waals surface area contributed by atoms with E-state index in [2.05, 4.69) is 36.4 Å². The molecule has 5 heteroatoms. The Kier molecular flexibility index (Phi) is 4.04. The predicted octanol–water partition coefficient (Wildman–Crippen LogP) is 3.18. The number of sulfonamides is 1. The van der Waals surface area contributed by atoms with Crippen LogP contribution >= 0.6 is 22.6 Å². The van der Waals surface area contributed by atoms with Crippen LogP contribution in [0.2, 0.25) is 0 Å². The molecular formula is C13H18INO2S. The number of aryl methyl sites for hydroxylation is 1. The Morgan fingerprint density at radius 1 is 1.33 bits per heavy atom. The fourth-order valence-corrected chi connectivity index (χ4v) is 6.15. The molecule has 1 fully saturated rings. The molecule has 0 aromatic heterocycles. The van der Waals surface area contributed by atoms with Crippen LogP contribution in [-0.2, 0) is 10.0 Å². The summed E-state index contributed by atoms with van der Waals surface area (Å²) in [6, 6.07) is 7.23. The zero-order valence-corrected chi connectivity index (χ0v) is 13.8. The van der Waals surface area contributed by atoms with Gasteiger partial charge in [-0.2, -0.15) is 4.31 Å². The summed E-state index contributed by atoms with van der Waals surface area (Å²) in [6.45, 7) is 6.17. The van der Waals surface area contributed by atoms with Crippen molar-refractivity contribution in [2.75, 3.05) is 0 Å². The van der Waals surface area contributed by atoms with Crippen LogP contribution in [0.5, 0.6) is 0 Å². The van der Waals surface area contributed by atoms with Gasteiger partial charge < -0.3 is 0 Å². The van der Waals surface area contributed by atoms with Crippen molar-refractivity contribution in [2.45, 2.75) is 42.2 Å². The largest absolute Gasteiger partial charge is 0.244 e. The van der Waals surface area contributed by atoms with Gasteiger partial charge in [-0.15, -0.1) is 0 Å². The van der Waals surface area contributed by atoms with Crippen molar-refractivity contribution in [2.24, 2.45) is 5.92 Å². The highest BCUT2D eigenvalue weighted by atomic mass is 127. The highest BCUT2D eigenvalue weighted by molar-refractivity contribution is 14.1. The van der Waals surface area contributed by atoms with E-state index in [0.717, 1.165) is 12.0 Å². The van der Waals surface area contributed by atoms with E-state index in [0.29, 0.717) is 10.8 Å². The smallest absolute Gasteiger partial charge is 0.207 e. The van der Waals surface area contributed by atoms with Crippen LogP contribution in [0.1, 0.15) is 25.8 Å². The fourth-order valence-electron chi connectivity index (χ4n) is 2.09. The fraction of sp³-hybridized carbons (Fsp3) is 0.538. The highest BCUT2D eigenvalue weighted by Gasteiger charge is 2.55. The number of alkyl halides is 1. The zero-order chi connectivity index (χ0) is 13.5. The van der Waals surface area contributed by atoms with Crippen LogP contribution in [0.4, 0.5) is 0 Å². The van der Waals surface area contributed by atoms with Crippen molar-refractivity contribution in [3.63, 3.8) is 0 Å². The average molecular weight is 379 g/mol. The van der Waals surface area contributed by atoms with Gasteiger partial charge in [0.2, 0.25) is 10.0 Å². The van der Waals surface area contributed by atoms with Crippen molar-refractivity contribution in [3.8, 4) is 0 Å². The van der Waals surface area contributed by atoms with Crippen molar-refractivity contribution < 1.29 is 8.42 Å². The van der Waals surface area contributed by atoms with Gasteiger partial charge in [0.25, 0.3) is 0 Å². The van der Waals surface area contributed by atoms with Gasteiger partial charge in [-0.05, 0) is 25.0 Å². The van der Waals surface area contributed by atoms with Gasteiger partial charge in [-0.3, -0.25) is 0 Å². The normalized spacial score (nSPS) is 29.0. The van der Waals surface area contributed by atoms with E-state index in [1.807, 2.05) is 19.1 Å². The van der Waals surface area contributed by atoms with E-state index in [-0.39, 0.29) is 10.1 Å². The van der Waals surface area contributed by atoms with Gasteiger partial charge in [-0.25, -0.2) is 8.42 Å².